The molecule has 0 atom stereocenters. The van der Waals surface area contributed by atoms with Gasteiger partial charge in [0.15, 0.2) is 5.76 Å². The third-order valence-electron chi connectivity index (χ3n) is 0.928. The minimum Gasteiger partial charge on any atom is -0.489 e. The molecular weight excluding hydrogens is 150 g/mol. The van der Waals surface area contributed by atoms with Crippen molar-refractivity contribution < 1.29 is 4.74 Å². The molecule has 0 unspecified atom stereocenters. The third-order valence-corrected chi connectivity index (χ3v) is 0.928. The Morgan fingerprint density at radius 1 is 1.75 bits per heavy atom. The molecule has 0 aliphatic rings. The van der Waals surface area contributed by atoms with Gasteiger partial charge in [0.05, 0.1) is 7.11 Å². The van der Waals surface area contributed by atoms with Crippen molar-refractivity contribution >= 4 is 0 Å². The number of allylic oxidation sites excluding steroid dienone is 2. The maximum absolute atomic E-state index is 4.81. The number of hydrogen-bond donors (Lipinski definition) is 1. The van der Waals surface area contributed by atoms with Gasteiger partial charge in [0.25, 0.3) is 0 Å². The van der Waals surface area contributed by atoms with E-state index in [1.54, 1.807) is 0 Å². The molecule has 0 heterocycles. The number of rotatable bonds is 3. The first-order valence-electron chi connectivity index (χ1n) is 3.74. The Kier molecular flexibility index (Phi) is 13.6. The summed E-state index contributed by atoms with van der Waals surface area (Å²) >= 11 is 0. The zero-order valence-corrected chi connectivity index (χ0v) is 8.05. The molecule has 0 saturated carbocycles. The summed E-state index contributed by atoms with van der Waals surface area (Å²) in [7, 11) is 3.38. The Balaban J connectivity index is 0. The SMILES string of the molecule is C#CC(=C)OC.CC/C=C\NC. The lowest BCUT2D eigenvalue weighted by atomic mass is 10.5. The van der Waals surface area contributed by atoms with Crippen molar-refractivity contribution in [2.45, 2.75) is 13.3 Å². The molecule has 0 spiro atoms. The lowest BCUT2D eigenvalue weighted by Crippen LogP contribution is -1.89. The number of terminal acetylenes is 1. The van der Waals surface area contributed by atoms with E-state index in [0.717, 1.165) is 6.42 Å². The maximum Gasteiger partial charge on any atom is 0.162 e. The van der Waals surface area contributed by atoms with Gasteiger partial charge < -0.3 is 10.1 Å². The van der Waals surface area contributed by atoms with Gasteiger partial charge in [-0.2, -0.15) is 0 Å². The van der Waals surface area contributed by atoms with E-state index < -0.39 is 0 Å². The summed E-state index contributed by atoms with van der Waals surface area (Å²) in [6, 6.07) is 0. The minimum absolute atomic E-state index is 0.370. The third kappa shape index (κ3) is 15.9. The summed E-state index contributed by atoms with van der Waals surface area (Å²) in [4.78, 5) is 0. The zero-order chi connectivity index (χ0) is 9.82. The van der Waals surface area contributed by atoms with Crippen LogP contribution in [-0.4, -0.2) is 14.2 Å². The van der Waals surface area contributed by atoms with Gasteiger partial charge in [-0.05, 0) is 25.1 Å². The molecule has 2 heteroatoms. The van der Waals surface area contributed by atoms with E-state index >= 15 is 0 Å². The van der Waals surface area contributed by atoms with Crippen LogP contribution in [0.4, 0.5) is 0 Å². The van der Waals surface area contributed by atoms with Crippen molar-refractivity contribution in [3.05, 3.63) is 24.6 Å². The quantitative estimate of drug-likeness (QED) is 0.512. The van der Waals surface area contributed by atoms with Crippen LogP contribution >= 0.6 is 0 Å². The van der Waals surface area contributed by atoms with Crippen LogP contribution in [0.3, 0.4) is 0 Å². The molecule has 12 heavy (non-hydrogen) atoms. The summed E-state index contributed by atoms with van der Waals surface area (Å²) in [5.41, 5.74) is 0. The van der Waals surface area contributed by atoms with Crippen LogP contribution in [0.1, 0.15) is 13.3 Å². The van der Waals surface area contributed by atoms with Crippen LogP contribution in [0.15, 0.2) is 24.6 Å². The van der Waals surface area contributed by atoms with Gasteiger partial charge in [0.2, 0.25) is 0 Å². The number of nitrogens with one attached hydrogen (secondary N) is 1. The molecule has 0 bridgehead atoms. The second-order valence-corrected chi connectivity index (χ2v) is 1.87. The summed E-state index contributed by atoms with van der Waals surface area (Å²) < 4.78 is 4.47. The van der Waals surface area contributed by atoms with Crippen LogP contribution in [0, 0.1) is 12.3 Å². The molecule has 68 valence electrons. The molecule has 2 nitrogen and oxygen atoms in total. The van der Waals surface area contributed by atoms with E-state index in [0.29, 0.717) is 5.76 Å². The highest BCUT2D eigenvalue weighted by Crippen LogP contribution is 1.81. The second kappa shape index (κ2) is 12.3. The van der Waals surface area contributed by atoms with Gasteiger partial charge in [-0.3, -0.25) is 0 Å². The average Bonchev–Trinajstić information content (AvgIpc) is 2.14. The van der Waals surface area contributed by atoms with Crippen LogP contribution < -0.4 is 5.32 Å². The molecule has 0 saturated heterocycles. The maximum atomic E-state index is 4.81. The number of ether oxygens (including phenoxy) is 1. The van der Waals surface area contributed by atoms with Crippen LogP contribution in [0.5, 0.6) is 0 Å². The largest absolute Gasteiger partial charge is 0.489 e. The van der Waals surface area contributed by atoms with Crippen molar-refractivity contribution in [3.63, 3.8) is 0 Å². The van der Waals surface area contributed by atoms with Crippen LogP contribution in [0.25, 0.3) is 0 Å². The molecule has 0 aromatic carbocycles. The molecular formula is C10H17NO. The fourth-order valence-electron chi connectivity index (χ4n) is 0.295. The van der Waals surface area contributed by atoms with Crippen molar-refractivity contribution in [2.75, 3.05) is 14.2 Å². The Hall–Kier alpha value is -1.36. The summed E-state index contributed by atoms with van der Waals surface area (Å²) in [5, 5.41) is 2.89. The Labute approximate surface area is 75.3 Å². The van der Waals surface area contributed by atoms with Gasteiger partial charge >= 0.3 is 0 Å². The average molecular weight is 167 g/mol. The topological polar surface area (TPSA) is 21.3 Å². The second-order valence-electron chi connectivity index (χ2n) is 1.87. The van der Waals surface area contributed by atoms with Gasteiger partial charge in [0.1, 0.15) is 0 Å². The van der Waals surface area contributed by atoms with E-state index in [9.17, 15) is 0 Å². The normalized spacial score (nSPS) is 7.83. The first-order valence-corrected chi connectivity index (χ1v) is 3.74. The molecule has 0 aliphatic heterocycles. The van der Waals surface area contributed by atoms with Crippen molar-refractivity contribution in [1.82, 2.24) is 5.32 Å². The number of methoxy groups -OCH3 is 1. The van der Waals surface area contributed by atoms with E-state index in [1.807, 2.05) is 13.2 Å². The fourth-order valence-corrected chi connectivity index (χ4v) is 0.295. The van der Waals surface area contributed by atoms with Gasteiger partial charge in [0, 0.05) is 7.05 Å². The highest BCUT2D eigenvalue weighted by molar-refractivity contribution is 5.13. The first kappa shape index (κ1) is 13.2. The summed E-state index contributed by atoms with van der Waals surface area (Å²) in [5.74, 6) is 2.57. The molecule has 0 aliphatic carbocycles. The highest BCUT2D eigenvalue weighted by Gasteiger charge is 1.72. The Bertz CT molecular complexity index is 159. The molecule has 0 fully saturated rings. The minimum atomic E-state index is 0.370. The predicted octanol–water partition coefficient (Wildman–Crippen LogP) is 1.91. The van der Waals surface area contributed by atoms with Gasteiger partial charge in [-0.25, -0.2) is 0 Å². The van der Waals surface area contributed by atoms with E-state index in [1.165, 1.54) is 7.11 Å². The van der Waals surface area contributed by atoms with Crippen LogP contribution in [0.2, 0.25) is 0 Å². The van der Waals surface area contributed by atoms with E-state index in [-0.39, 0.29) is 0 Å². The summed E-state index contributed by atoms with van der Waals surface area (Å²) in [6.07, 6.45) is 9.92. The number of hydrogen-bond acceptors (Lipinski definition) is 2. The lowest BCUT2D eigenvalue weighted by molar-refractivity contribution is 0.313. The zero-order valence-electron chi connectivity index (χ0n) is 8.05. The van der Waals surface area contributed by atoms with Crippen molar-refractivity contribution in [3.8, 4) is 12.3 Å². The molecule has 0 aromatic heterocycles. The first-order chi connectivity index (χ1) is 5.72. The molecule has 1 N–H and O–H groups in total. The van der Waals surface area contributed by atoms with Crippen LogP contribution in [-0.2, 0) is 4.74 Å². The highest BCUT2D eigenvalue weighted by atomic mass is 16.5. The van der Waals surface area contributed by atoms with Gasteiger partial charge in [-0.15, -0.1) is 6.42 Å². The van der Waals surface area contributed by atoms with Crippen molar-refractivity contribution in [2.24, 2.45) is 0 Å². The van der Waals surface area contributed by atoms with E-state index in [2.05, 4.69) is 35.6 Å². The lowest BCUT2D eigenvalue weighted by Gasteiger charge is -1.87. The Morgan fingerprint density at radius 3 is 2.42 bits per heavy atom. The fraction of sp³-hybridized carbons (Fsp3) is 0.400. The predicted molar refractivity (Wildman–Crippen MR) is 53.5 cm³/mol. The molecule has 0 radical (unpaired) electrons. The molecule has 0 amide bonds. The van der Waals surface area contributed by atoms with Gasteiger partial charge in [-0.1, -0.05) is 13.0 Å². The van der Waals surface area contributed by atoms with Crippen molar-refractivity contribution in [1.29, 1.82) is 0 Å². The standard InChI is InChI=1S/C5H11N.C5H6O/c1-3-4-5-6-2;1-4-5(2)6-3/h4-6H,3H2,1-2H3;1H,2H2,3H3/b5-4-;. The van der Waals surface area contributed by atoms with E-state index in [4.69, 9.17) is 6.42 Å². The molecule has 0 rings (SSSR count). The molecule has 0 aromatic rings. The Morgan fingerprint density at radius 2 is 2.33 bits per heavy atom. The smallest absolute Gasteiger partial charge is 0.162 e. The monoisotopic (exact) mass is 167 g/mol. The summed E-state index contributed by atoms with van der Waals surface area (Å²) in [6.45, 7) is 5.44.